The van der Waals surface area contributed by atoms with Crippen LogP contribution >= 0.6 is 15.9 Å². The molecule has 78 valence electrons. The molecule has 1 aliphatic carbocycles. The van der Waals surface area contributed by atoms with Gasteiger partial charge in [0, 0.05) is 4.47 Å². The molecule has 0 spiro atoms. The largest absolute Gasteiger partial charge is 0.197 e. The Labute approximate surface area is 99.2 Å². The highest BCUT2D eigenvalue weighted by Gasteiger charge is 2.45. The third-order valence-corrected chi connectivity index (χ3v) is 3.94. The third kappa shape index (κ3) is 1.81. The fourth-order valence-electron chi connectivity index (χ4n) is 2.39. The van der Waals surface area contributed by atoms with E-state index in [4.69, 9.17) is 0 Å². The average Bonchev–Trinajstić information content (AvgIpc) is 2.18. The molecule has 0 saturated heterocycles. The Morgan fingerprint density at radius 1 is 1.53 bits per heavy atom. The van der Waals surface area contributed by atoms with E-state index in [1.165, 1.54) is 12.0 Å². The van der Waals surface area contributed by atoms with Gasteiger partial charge < -0.3 is 0 Å². The normalized spacial score (nSPS) is 29.3. The molecule has 0 heterocycles. The molecule has 0 aromatic heterocycles. The second kappa shape index (κ2) is 3.98. The SMILES string of the molecule is CC[C@H]1C[C@@](C#N)(c2cccc(Br)c2)C1. The first-order chi connectivity index (χ1) is 7.20. The van der Waals surface area contributed by atoms with Crippen LogP contribution in [-0.2, 0) is 5.41 Å². The minimum Gasteiger partial charge on any atom is -0.197 e. The molecule has 1 nitrogen and oxygen atoms in total. The van der Waals surface area contributed by atoms with Crippen molar-refractivity contribution in [3.05, 3.63) is 34.3 Å². The van der Waals surface area contributed by atoms with E-state index in [0.717, 1.165) is 23.2 Å². The number of rotatable bonds is 2. The van der Waals surface area contributed by atoms with Gasteiger partial charge in [-0.05, 0) is 36.5 Å². The maximum atomic E-state index is 9.33. The minimum absolute atomic E-state index is 0.204. The summed E-state index contributed by atoms with van der Waals surface area (Å²) in [4.78, 5) is 0. The van der Waals surface area contributed by atoms with Gasteiger partial charge >= 0.3 is 0 Å². The number of halogens is 1. The lowest BCUT2D eigenvalue weighted by atomic mass is 9.59. The Morgan fingerprint density at radius 2 is 2.27 bits per heavy atom. The first-order valence-electron chi connectivity index (χ1n) is 5.37. The summed E-state index contributed by atoms with van der Waals surface area (Å²) in [6, 6.07) is 10.7. The molecule has 0 bridgehead atoms. The van der Waals surface area contributed by atoms with Gasteiger partial charge in [-0.15, -0.1) is 0 Å². The maximum absolute atomic E-state index is 9.33. The molecule has 2 heteroatoms. The van der Waals surface area contributed by atoms with E-state index in [-0.39, 0.29) is 5.41 Å². The summed E-state index contributed by atoms with van der Waals surface area (Å²) >= 11 is 3.46. The van der Waals surface area contributed by atoms with Crippen LogP contribution in [0.3, 0.4) is 0 Å². The Hall–Kier alpha value is -0.810. The summed E-state index contributed by atoms with van der Waals surface area (Å²) < 4.78 is 1.06. The topological polar surface area (TPSA) is 23.8 Å². The molecule has 0 aliphatic heterocycles. The lowest BCUT2D eigenvalue weighted by molar-refractivity contribution is 0.192. The molecule has 1 fully saturated rings. The average molecular weight is 264 g/mol. The van der Waals surface area contributed by atoms with Gasteiger partial charge in [-0.1, -0.05) is 41.4 Å². The molecule has 1 saturated carbocycles. The Morgan fingerprint density at radius 3 is 2.80 bits per heavy atom. The quantitative estimate of drug-likeness (QED) is 0.791. The predicted octanol–water partition coefficient (Wildman–Crippen LogP) is 4.03. The summed E-state index contributed by atoms with van der Waals surface area (Å²) in [6.45, 7) is 2.20. The van der Waals surface area contributed by atoms with Gasteiger partial charge in [-0.2, -0.15) is 5.26 Å². The van der Waals surface area contributed by atoms with Crippen molar-refractivity contribution < 1.29 is 0 Å². The highest BCUT2D eigenvalue weighted by atomic mass is 79.9. The number of nitriles is 1. The first-order valence-corrected chi connectivity index (χ1v) is 6.17. The van der Waals surface area contributed by atoms with Gasteiger partial charge in [0.25, 0.3) is 0 Å². The molecule has 15 heavy (non-hydrogen) atoms. The van der Waals surface area contributed by atoms with Gasteiger partial charge in [0.15, 0.2) is 0 Å². The summed E-state index contributed by atoms with van der Waals surface area (Å²) in [7, 11) is 0. The van der Waals surface area contributed by atoms with Crippen LogP contribution in [0.1, 0.15) is 31.7 Å². The number of benzene rings is 1. The second-order valence-electron chi connectivity index (χ2n) is 4.39. The molecule has 0 unspecified atom stereocenters. The van der Waals surface area contributed by atoms with Gasteiger partial charge in [0.05, 0.1) is 11.5 Å². The molecular weight excluding hydrogens is 250 g/mol. The van der Waals surface area contributed by atoms with Gasteiger partial charge in [-0.3, -0.25) is 0 Å². The lowest BCUT2D eigenvalue weighted by Crippen LogP contribution is -2.39. The summed E-state index contributed by atoms with van der Waals surface area (Å²) in [5.41, 5.74) is 0.967. The molecule has 0 radical (unpaired) electrons. The van der Waals surface area contributed by atoms with Crippen molar-refractivity contribution in [2.45, 2.75) is 31.6 Å². The van der Waals surface area contributed by atoms with E-state index >= 15 is 0 Å². The molecule has 0 N–H and O–H groups in total. The predicted molar refractivity (Wildman–Crippen MR) is 64.4 cm³/mol. The van der Waals surface area contributed by atoms with Crippen molar-refractivity contribution >= 4 is 15.9 Å². The van der Waals surface area contributed by atoms with E-state index in [1.807, 2.05) is 12.1 Å². The molecule has 1 aliphatic rings. The summed E-state index contributed by atoms with van der Waals surface area (Å²) in [6.07, 6.45) is 3.24. The molecule has 1 aromatic carbocycles. The van der Waals surface area contributed by atoms with Crippen molar-refractivity contribution in [3.63, 3.8) is 0 Å². The van der Waals surface area contributed by atoms with Crippen LogP contribution in [0.15, 0.2) is 28.7 Å². The van der Waals surface area contributed by atoms with Crippen LogP contribution < -0.4 is 0 Å². The van der Waals surface area contributed by atoms with Crippen molar-refractivity contribution in [1.29, 1.82) is 5.26 Å². The lowest BCUT2D eigenvalue weighted by Gasteiger charge is -2.42. The maximum Gasteiger partial charge on any atom is 0.0828 e. The standard InChI is InChI=1S/C13H14BrN/c1-2-10-7-13(8-10,9-15)11-4-3-5-12(14)6-11/h3-6,10H,2,7-8H2,1H3/t10-,13+. The van der Waals surface area contributed by atoms with Crippen molar-refractivity contribution in [2.24, 2.45) is 5.92 Å². The van der Waals surface area contributed by atoms with Crippen LogP contribution in [-0.4, -0.2) is 0 Å². The minimum atomic E-state index is -0.204. The van der Waals surface area contributed by atoms with Gasteiger partial charge in [0.2, 0.25) is 0 Å². The van der Waals surface area contributed by atoms with E-state index in [9.17, 15) is 5.26 Å². The number of nitrogens with zero attached hydrogens (tertiary/aromatic N) is 1. The van der Waals surface area contributed by atoms with Crippen molar-refractivity contribution in [1.82, 2.24) is 0 Å². The zero-order chi connectivity index (χ0) is 10.9. The van der Waals surface area contributed by atoms with Crippen molar-refractivity contribution in [3.8, 4) is 6.07 Å². The molecule has 2 rings (SSSR count). The Bertz CT molecular complexity index is 399. The van der Waals surface area contributed by atoms with Crippen LogP contribution in [0.4, 0.5) is 0 Å². The monoisotopic (exact) mass is 263 g/mol. The van der Waals surface area contributed by atoms with E-state index in [2.05, 4.69) is 41.1 Å². The summed E-state index contributed by atoms with van der Waals surface area (Å²) in [5, 5.41) is 9.33. The highest BCUT2D eigenvalue weighted by molar-refractivity contribution is 9.10. The summed E-state index contributed by atoms with van der Waals surface area (Å²) in [5.74, 6) is 0.739. The van der Waals surface area contributed by atoms with E-state index < -0.39 is 0 Å². The fraction of sp³-hybridized carbons (Fsp3) is 0.462. The number of hydrogen-bond acceptors (Lipinski definition) is 1. The Balaban J connectivity index is 2.26. The third-order valence-electron chi connectivity index (χ3n) is 3.44. The molecule has 0 amide bonds. The van der Waals surface area contributed by atoms with E-state index in [1.54, 1.807) is 0 Å². The van der Waals surface area contributed by atoms with E-state index in [0.29, 0.717) is 0 Å². The van der Waals surface area contributed by atoms with Crippen molar-refractivity contribution in [2.75, 3.05) is 0 Å². The van der Waals surface area contributed by atoms with Crippen LogP contribution in [0.5, 0.6) is 0 Å². The highest BCUT2D eigenvalue weighted by Crippen LogP contribution is 2.48. The van der Waals surface area contributed by atoms with Gasteiger partial charge in [-0.25, -0.2) is 0 Å². The van der Waals surface area contributed by atoms with Crippen LogP contribution in [0.25, 0.3) is 0 Å². The smallest absolute Gasteiger partial charge is 0.0828 e. The first kappa shape index (κ1) is 10.7. The fourth-order valence-corrected chi connectivity index (χ4v) is 2.79. The zero-order valence-corrected chi connectivity index (χ0v) is 10.4. The number of hydrogen-bond donors (Lipinski definition) is 0. The van der Waals surface area contributed by atoms with Gasteiger partial charge in [0.1, 0.15) is 0 Å². The Kier molecular flexibility index (Phi) is 2.84. The molecule has 0 atom stereocenters. The van der Waals surface area contributed by atoms with Crippen LogP contribution in [0.2, 0.25) is 0 Å². The second-order valence-corrected chi connectivity index (χ2v) is 5.30. The zero-order valence-electron chi connectivity index (χ0n) is 8.83. The van der Waals surface area contributed by atoms with Crippen LogP contribution in [0, 0.1) is 17.2 Å². The molecule has 1 aromatic rings. The molecular formula is C13H14BrN.